The Bertz CT molecular complexity index is 453. The molecule has 1 N–H and O–H groups in total. The van der Waals surface area contributed by atoms with E-state index in [0.29, 0.717) is 18.2 Å². The monoisotopic (exact) mass is 402 g/mol. The molecule has 110 valence electrons. The van der Waals surface area contributed by atoms with Crippen LogP contribution in [0.3, 0.4) is 0 Å². The van der Waals surface area contributed by atoms with Gasteiger partial charge in [0.25, 0.3) is 5.91 Å². The van der Waals surface area contributed by atoms with Gasteiger partial charge in [-0.05, 0) is 38.1 Å². The second kappa shape index (κ2) is 7.57. The van der Waals surface area contributed by atoms with Crippen molar-refractivity contribution in [2.45, 2.75) is 31.7 Å². The van der Waals surface area contributed by atoms with Gasteiger partial charge in [-0.15, -0.1) is 0 Å². The van der Waals surface area contributed by atoms with E-state index in [2.05, 4.69) is 49.1 Å². The number of carbonyl (C=O) groups is 1. The molecule has 3 nitrogen and oxygen atoms in total. The first-order valence-corrected chi connectivity index (χ1v) is 8.59. The molecule has 1 fully saturated rings. The van der Waals surface area contributed by atoms with Crippen molar-refractivity contribution < 1.29 is 4.79 Å². The van der Waals surface area contributed by atoms with Gasteiger partial charge >= 0.3 is 0 Å². The van der Waals surface area contributed by atoms with Gasteiger partial charge in [0.15, 0.2) is 0 Å². The number of hydrogen-bond acceptors (Lipinski definition) is 2. The normalized spacial score (nSPS) is 15.8. The number of nitrogens with zero attached hydrogens (tertiary/aromatic N) is 1. The summed E-state index contributed by atoms with van der Waals surface area (Å²) in [6.07, 6.45) is 5.27. The van der Waals surface area contributed by atoms with Crippen LogP contribution in [0, 0.1) is 0 Å². The van der Waals surface area contributed by atoms with Gasteiger partial charge in [-0.1, -0.05) is 44.7 Å². The molecule has 0 atom stereocenters. The fourth-order valence-corrected chi connectivity index (χ4v) is 3.95. The topological polar surface area (TPSA) is 32.3 Å². The highest BCUT2D eigenvalue weighted by Crippen LogP contribution is 2.22. The standard InChI is InChI=1S/C15H20Br2N2O/c1-19(14-4-2-3-5-14)7-6-18-15(20)11-8-12(16)10-13(17)9-11/h8-10,14H,2-7H2,1H3,(H,18,20). The van der Waals surface area contributed by atoms with Crippen LogP contribution in [0.15, 0.2) is 27.1 Å². The van der Waals surface area contributed by atoms with Crippen LogP contribution in [0.2, 0.25) is 0 Å². The maximum absolute atomic E-state index is 12.1. The lowest BCUT2D eigenvalue weighted by Gasteiger charge is -2.23. The number of hydrogen-bond donors (Lipinski definition) is 1. The number of likely N-dealkylation sites (N-methyl/N-ethyl adjacent to an activating group) is 1. The second-order valence-electron chi connectivity index (χ2n) is 5.33. The first-order chi connectivity index (χ1) is 9.56. The predicted molar refractivity (Wildman–Crippen MR) is 89.1 cm³/mol. The summed E-state index contributed by atoms with van der Waals surface area (Å²) in [7, 11) is 2.15. The van der Waals surface area contributed by atoms with E-state index < -0.39 is 0 Å². The highest BCUT2D eigenvalue weighted by atomic mass is 79.9. The quantitative estimate of drug-likeness (QED) is 0.810. The Morgan fingerprint density at radius 2 is 1.85 bits per heavy atom. The lowest BCUT2D eigenvalue weighted by Crippen LogP contribution is -2.37. The number of amides is 1. The second-order valence-corrected chi connectivity index (χ2v) is 7.16. The number of rotatable bonds is 5. The maximum atomic E-state index is 12.1. The highest BCUT2D eigenvalue weighted by Gasteiger charge is 2.19. The molecule has 1 aromatic rings. The zero-order valence-corrected chi connectivity index (χ0v) is 14.8. The van der Waals surface area contributed by atoms with Gasteiger partial charge in [-0.3, -0.25) is 4.79 Å². The molecule has 1 aliphatic rings. The molecule has 0 heterocycles. The van der Waals surface area contributed by atoms with Gasteiger partial charge in [0, 0.05) is 33.6 Å². The third-order valence-electron chi connectivity index (χ3n) is 3.82. The van der Waals surface area contributed by atoms with Gasteiger partial charge in [0.05, 0.1) is 0 Å². The molecule has 0 spiro atoms. The van der Waals surface area contributed by atoms with E-state index in [1.54, 1.807) is 0 Å². The van der Waals surface area contributed by atoms with E-state index in [9.17, 15) is 4.79 Å². The zero-order valence-electron chi connectivity index (χ0n) is 11.7. The summed E-state index contributed by atoms with van der Waals surface area (Å²) in [6, 6.07) is 6.29. The molecule has 0 aromatic heterocycles. The molecule has 0 unspecified atom stereocenters. The van der Waals surface area contributed by atoms with Gasteiger partial charge in [0.1, 0.15) is 0 Å². The molecule has 0 aliphatic heterocycles. The first kappa shape index (κ1) is 16.0. The lowest BCUT2D eigenvalue weighted by molar-refractivity contribution is 0.0947. The average molecular weight is 404 g/mol. The van der Waals surface area contributed by atoms with Crippen LogP contribution < -0.4 is 5.32 Å². The Balaban J connectivity index is 1.79. The van der Waals surface area contributed by atoms with E-state index in [1.807, 2.05) is 18.2 Å². The Morgan fingerprint density at radius 1 is 1.25 bits per heavy atom. The Hall–Kier alpha value is -0.390. The molecule has 1 amide bonds. The third kappa shape index (κ3) is 4.57. The van der Waals surface area contributed by atoms with E-state index in [0.717, 1.165) is 15.5 Å². The van der Waals surface area contributed by atoms with E-state index in [4.69, 9.17) is 0 Å². The Kier molecular flexibility index (Phi) is 6.05. The van der Waals surface area contributed by atoms with Crippen molar-refractivity contribution in [2.75, 3.05) is 20.1 Å². The van der Waals surface area contributed by atoms with Gasteiger partial charge in [-0.2, -0.15) is 0 Å². The van der Waals surface area contributed by atoms with E-state index in [1.165, 1.54) is 25.7 Å². The van der Waals surface area contributed by atoms with Crippen LogP contribution >= 0.6 is 31.9 Å². The summed E-state index contributed by atoms with van der Waals surface area (Å²) in [5, 5.41) is 2.99. The largest absolute Gasteiger partial charge is 0.351 e. The first-order valence-electron chi connectivity index (χ1n) is 7.01. The van der Waals surface area contributed by atoms with Crippen molar-refractivity contribution in [2.24, 2.45) is 0 Å². The molecule has 0 saturated heterocycles. The van der Waals surface area contributed by atoms with Crippen LogP contribution in [0.4, 0.5) is 0 Å². The fraction of sp³-hybridized carbons (Fsp3) is 0.533. The Labute approximate surface area is 137 Å². The minimum Gasteiger partial charge on any atom is -0.351 e. The van der Waals surface area contributed by atoms with Crippen molar-refractivity contribution in [3.05, 3.63) is 32.7 Å². The fourth-order valence-electron chi connectivity index (χ4n) is 2.66. The molecule has 5 heteroatoms. The number of carbonyl (C=O) groups excluding carboxylic acids is 1. The van der Waals surface area contributed by atoms with Crippen molar-refractivity contribution >= 4 is 37.8 Å². The molecule has 20 heavy (non-hydrogen) atoms. The smallest absolute Gasteiger partial charge is 0.251 e. The third-order valence-corrected chi connectivity index (χ3v) is 4.74. The van der Waals surface area contributed by atoms with Crippen LogP contribution in [0.5, 0.6) is 0 Å². The molecule has 2 rings (SSSR count). The summed E-state index contributed by atoms with van der Waals surface area (Å²) in [4.78, 5) is 14.4. The number of benzene rings is 1. The van der Waals surface area contributed by atoms with Crippen molar-refractivity contribution in [1.29, 1.82) is 0 Å². The Morgan fingerprint density at radius 3 is 2.45 bits per heavy atom. The minimum absolute atomic E-state index is 0.0215. The molecule has 0 radical (unpaired) electrons. The van der Waals surface area contributed by atoms with E-state index >= 15 is 0 Å². The molecular formula is C15H20Br2N2O. The molecule has 0 bridgehead atoms. The minimum atomic E-state index is -0.0215. The van der Waals surface area contributed by atoms with Crippen molar-refractivity contribution in [3.63, 3.8) is 0 Å². The van der Waals surface area contributed by atoms with Crippen LogP contribution in [-0.4, -0.2) is 37.0 Å². The SMILES string of the molecule is CN(CCNC(=O)c1cc(Br)cc(Br)c1)C1CCCC1. The summed E-state index contributed by atoms with van der Waals surface area (Å²) in [5.74, 6) is -0.0215. The predicted octanol–water partition coefficient (Wildman–Crippen LogP) is 3.82. The maximum Gasteiger partial charge on any atom is 0.251 e. The summed E-state index contributed by atoms with van der Waals surface area (Å²) >= 11 is 6.80. The molecule has 1 saturated carbocycles. The van der Waals surface area contributed by atoms with Crippen LogP contribution in [0.1, 0.15) is 36.0 Å². The average Bonchev–Trinajstić information content (AvgIpc) is 2.91. The molecule has 1 aromatic carbocycles. The van der Waals surface area contributed by atoms with Gasteiger partial charge < -0.3 is 10.2 Å². The van der Waals surface area contributed by atoms with Crippen LogP contribution in [0.25, 0.3) is 0 Å². The van der Waals surface area contributed by atoms with Gasteiger partial charge in [-0.25, -0.2) is 0 Å². The molecule has 1 aliphatic carbocycles. The van der Waals surface area contributed by atoms with Gasteiger partial charge in [0.2, 0.25) is 0 Å². The number of nitrogens with one attached hydrogen (secondary N) is 1. The summed E-state index contributed by atoms with van der Waals surface area (Å²) < 4.78 is 1.81. The van der Waals surface area contributed by atoms with Crippen LogP contribution in [-0.2, 0) is 0 Å². The van der Waals surface area contributed by atoms with Crippen molar-refractivity contribution in [1.82, 2.24) is 10.2 Å². The lowest BCUT2D eigenvalue weighted by atomic mass is 10.2. The highest BCUT2D eigenvalue weighted by molar-refractivity contribution is 9.11. The molecular weight excluding hydrogens is 384 g/mol. The zero-order chi connectivity index (χ0) is 14.5. The van der Waals surface area contributed by atoms with Crippen molar-refractivity contribution in [3.8, 4) is 0 Å². The number of halogens is 2. The summed E-state index contributed by atoms with van der Waals surface area (Å²) in [6.45, 7) is 1.60. The van der Waals surface area contributed by atoms with E-state index in [-0.39, 0.29) is 5.91 Å². The summed E-state index contributed by atoms with van der Waals surface area (Å²) in [5.41, 5.74) is 0.676.